The van der Waals surface area contributed by atoms with Crippen molar-refractivity contribution in [1.29, 1.82) is 0 Å². The molecule has 0 saturated heterocycles. The van der Waals surface area contributed by atoms with Crippen LogP contribution in [0.15, 0.2) is 23.1 Å². The van der Waals surface area contributed by atoms with Crippen molar-refractivity contribution in [1.82, 2.24) is 0 Å². The topological polar surface area (TPSA) is 77.3 Å². The molecule has 0 aromatic heterocycles. The van der Waals surface area contributed by atoms with E-state index in [2.05, 4.69) is 0 Å². The van der Waals surface area contributed by atoms with Crippen LogP contribution in [0.1, 0.15) is 26.3 Å². The van der Waals surface area contributed by atoms with Crippen LogP contribution in [0.4, 0.5) is 5.69 Å². The van der Waals surface area contributed by atoms with E-state index in [4.69, 9.17) is 0 Å². The van der Waals surface area contributed by atoms with Crippen molar-refractivity contribution in [2.45, 2.75) is 31.1 Å². The van der Waals surface area contributed by atoms with Gasteiger partial charge in [0.1, 0.15) is 4.90 Å². The van der Waals surface area contributed by atoms with E-state index in [1.54, 1.807) is 6.07 Å². The first-order valence-corrected chi connectivity index (χ1v) is 6.91. The summed E-state index contributed by atoms with van der Waals surface area (Å²) in [5, 5.41) is 10.9. The van der Waals surface area contributed by atoms with Crippen LogP contribution in [0.5, 0.6) is 0 Å². The summed E-state index contributed by atoms with van der Waals surface area (Å²) in [5.74, 6) is 0. The molecule has 17 heavy (non-hydrogen) atoms. The van der Waals surface area contributed by atoms with E-state index < -0.39 is 14.8 Å². The Kier molecular flexibility index (Phi) is 3.29. The molecule has 94 valence electrons. The Balaban J connectivity index is 3.55. The van der Waals surface area contributed by atoms with Crippen LogP contribution in [0.2, 0.25) is 0 Å². The van der Waals surface area contributed by atoms with Gasteiger partial charge < -0.3 is 0 Å². The van der Waals surface area contributed by atoms with Gasteiger partial charge in [-0.15, -0.1) is 0 Å². The molecule has 6 heteroatoms. The molecule has 0 aliphatic rings. The molecule has 0 aliphatic carbocycles. The van der Waals surface area contributed by atoms with Crippen molar-refractivity contribution >= 4 is 15.5 Å². The summed E-state index contributed by atoms with van der Waals surface area (Å²) in [6.07, 6.45) is 0.964. The second kappa shape index (κ2) is 4.10. The first-order valence-electron chi connectivity index (χ1n) is 5.02. The van der Waals surface area contributed by atoms with Crippen LogP contribution < -0.4 is 0 Å². The van der Waals surface area contributed by atoms with Gasteiger partial charge in [0.05, 0.1) is 4.92 Å². The molecule has 0 spiro atoms. The number of nitro benzene ring substituents is 1. The zero-order valence-corrected chi connectivity index (χ0v) is 11.0. The highest BCUT2D eigenvalue weighted by molar-refractivity contribution is 7.90. The van der Waals surface area contributed by atoms with E-state index in [1.807, 2.05) is 20.8 Å². The number of hydrogen-bond donors (Lipinski definition) is 0. The second-order valence-electron chi connectivity index (χ2n) is 4.96. The zero-order chi connectivity index (χ0) is 13.4. The summed E-state index contributed by atoms with van der Waals surface area (Å²) in [7, 11) is -3.58. The van der Waals surface area contributed by atoms with Crippen molar-refractivity contribution in [2.24, 2.45) is 0 Å². The summed E-state index contributed by atoms with van der Waals surface area (Å²) in [4.78, 5) is 9.99. The fourth-order valence-electron chi connectivity index (χ4n) is 1.44. The van der Waals surface area contributed by atoms with E-state index in [1.165, 1.54) is 12.1 Å². The van der Waals surface area contributed by atoms with Gasteiger partial charge in [0.15, 0.2) is 9.84 Å². The molecule has 0 aliphatic heterocycles. The fraction of sp³-hybridized carbons (Fsp3) is 0.455. The number of rotatable bonds is 2. The second-order valence-corrected chi connectivity index (χ2v) is 6.95. The maximum Gasteiger partial charge on any atom is 0.288 e. The fourth-order valence-corrected chi connectivity index (χ4v) is 2.27. The highest BCUT2D eigenvalue weighted by Gasteiger charge is 2.25. The molecule has 1 aromatic rings. The van der Waals surface area contributed by atoms with Gasteiger partial charge in [0.25, 0.3) is 5.69 Å². The highest BCUT2D eigenvalue weighted by atomic mass is 32.2. The normalized spacial score (nSPS) is 12.5. The Morgan fingerprint density at radius 2 is 1.76 bits per heavy atom. The smallest absolute Gasteiger partial charge is 0.258 e. The molecular weight excluding hydrogens is 242 g/mol. The van der Waals surface area contributed by atoms with Gasteiger partial charge in [-0.1, -0.05) is 26.8 Å². The number of hydrogen-bond acceptors (Lipinski definition) is 4. The lowest BCUT2D eigenvalue weighted by molar-refractivity contribution is -0.387. The van der Waals surface area contributed by atoms with Gasteiger partial charge in [0, 0.05) is 12.3 Å². The molecule has 0 radical (unpaired) electrons. The third-order valence-corrected chi connectivity index (χ3v) is 3.57. The lowest BCUT2D eigenvalue weighted by Gasteiger charge is -2.18. The van der Waals surface area contributed by atoms with Crippen molar-refractivity contribution < 1.29 is 13.3 Å². The summed E-state index contributed by atoms with van der Waals surface area (Å²) < 4.78 is 22.8. The maximum absolute atomic E-state index is 11.4. The Morgan fingerprint density at radius 1 is 1.24 bits per heavy atom. The van der Waals surface area contributed by atoms with Gasteiger partial charge in [0.2, 0.25) is 0 Å². The average molecular weight is 257 g/mol. The van der Waals surface area contributed by atoms with E-state index in [0.29, 0.717) is 0 Å². The molecule has 0 heterocycles. The predicted molar refractivity (Wildman–Crippen MR) is 64.9 cm³/mol. The van der Waals surface area contributed by atoms with Crippen LogP contribution in [0.3, 0.4) is 0 Å². The molecular formula is C11H15NO4S. The van der Waals surface area contributed by atoms with Crippen LogP contribution in [0, 0.1) is 10.1 Å². The lowest BCUT2D eigenvalue weighted by atomic mass is 9.87. The zero-order valence-electron chi connectivity index (χ0n) is 10.2. The third kappa shape index (κ3) is 3.03. The Bertz CT molecular complexity index is 555. The van der Waals surface area contributed by atoms with Crippen LogP contribution >= 0.6 is 0 Å². The number of benzene rings is 1. The molecule has 0 unspecified atom stereocenters. The summed E-state index contributed by atoms with van der Waals surface area (Å²) in [6, 6.07) is 4.24. The molecule has 0 bridgehead atoms. The SMILES string of the molecule is CC(C)(C)c1ccc(S(C)(=O)=O)c([N+](=O)[O-])c1. The predicted octanol–water partition coefficient (Wildman–Crippen LogP) is 2.30. The minimum Gasteiger partial charge on any atom is -0.258 e. The minimum absolute atomic E-state index is 0.240. The Labute approximate surface area is 101 Å². The van der Waals surface area contributed by atoms with E-state index in [-0.39, 0.29) is 16.0 Å². The molecule has 0 saturated carbocycles. The molecule has 5 nitrogen and oxygen atoms in total. The Hall–Kier alpha value is -1.43. The van der Waals surface area contributed by atoms with Crippen molar-refractivity contribution in [3.8, 4) is 0 Å². The first kappa shape index (κ1) is 13.6. The molecule has 0 amide bonds. The van der Waals surface area contributed by atoms with Gasteiger partial charge in [-0.2, -0.15) is 0 Å². The molecule has 1 rings (SSSR count). The third-order valence-electron chi connectivity index (χ3n) is 2.42. The van der Waals surface area contributed by atoms with Crippen molar-refractivity contribution in [3.05, 3.63) is 33.9 Å². The quantitative estimate of drug-likeness (QED) is 0.601. The number of sulfone groups is 1. The maximum atomic E-state index is 11.4. The van der Waals surface area contributed by atoms with Crippen LogP contribution in [-0.2, 0) is 15.3 Å². The monoisotopic (exact) mass is 257 g/mol. The van der Waals surface area contributed by atoms with Crippen molar-refractivity contribution in [2.75, 3.05) is 6.26 Å². The van der Waals surface area contributed by atoms with E-state index >= 15 is 0 Å². The summed E-state index contributed by atoms with van der Waals surface area (Å²) in [6.45, 7) is 5.73. The standard InChI is InChI=1S/C11H15NO4S/c1-11(2,3)8-5-6-10(17(4,15)16)9(7-8)12(13)14/h5-7H,1-4H3. The summed E-state index contributed by atoms with van der Waals surface area (Å²) in [5.41, 5.74) is 0.109. The van der Waals surface area contributed by atoms with Gasteiger partial charge in [-0.25, -0.2) is 8.42 Å². The van der Waals surface area contributed by atoms with Crippen LogP contribution in [0.25, 0.3) is 0 Å². The Morgan fingerprint density at radius 3 is 2.12 bits per heavy atom. The van der Waals surface area contributed by atoms with Crippen molar-refractivity contribution in [3.63, 3.8) is 0 Å². The summed E-state index contributed by atoms with van der Waals surface area (Å²) >= 11 is 0. The molecule has 0 fully saturated rings. The van der Waals surface area contributed by atoms with Crippen LogP contribution in [-0.4, -0.2) is 19.6 Å². The van der Waals surface area contributed by atoms with Gasteiger partial charge in [-0.05, 0) is 17.0 Å². The molecule has 0 N–H and O–H groups in total. The van der Waals surface area contributed by atoms with E-state index in [9.17, 15) is 18.5 Å². The largest absolute Gasteiger partial charge is 0.288 e. The molecule has 0 atom stereocenters. The average Bonchev–Trinajstić information content (AvgIpc) is 2.14. The lowest BCUT2D eigenvalue weighted by Crippen LogP contribution is -2.12. The van der Waals surface area contributed by atoms with Gasteiger partial charge in [-0.3, -0.25) is 10.1 Å². The minimum atomic E-state index is -3.58. The first-order chi connectivity index (χ1) is 7.53. The van der Waals surface area contributed by atoms with Gasteiger partial charge >= 0.3 is 0 Å². The van der Waals surface area contributed by atoms with E-state index in [0.717, 1.165) is 11.8 Å². The number of nitrogens with zero attached hydrogens (tertiary/aromatic N) is 1. The highest BCUT2D eigenvalue weighted by Crippen LogP contribution is 2.30. The number of nitro groups is 1. The molecule has 1 aromatic carbocycles.